The third-order valence-corrected chi connectivity index (χ3v) is 3.38. The van der Waals surface area contributed by atoms with Gasteiger partial charge in [-0.25, -0.2) is 0 Å². The van der Waals surface area contributed by atoms with Gasteiger partial charge in [-0.3, -0.25) is 4.79 Å². The first-order valence-corrected chi connectivity index (χ1v) is 7.32. The number of aliphatic carboxylic acids is 1. The van der Waals surface area contributed by atoms with Crippen LogP contribution in [0.15, 0.2) is 18.2 Å². The van der Waals surface area contributed by atoms with E-state index in [2.05, 4.69) is 26.1 Å². The summed E-state index contributed by atoms with van der Waals surface area (Å²) in [4.78, 5) is 11.3. The van der Waals surface area contributed by atoms with Crippen LogP contribution in [0.25, 0.3) is 0 Å². The molecule has 4 nitrogen and oxygen atoms in total. The van der Waals surface area contributed by atoms with E-state index in [1.807, 2.05) is 25.1 Å². The molecular formula is C17H27NO3. The predicted octanol–water partition coefficient (Wildman–Crippen LogP) is 3.37. The molecule has 0 aliphatic rings. The molecule has 0 fully saturated rings. The van der Waals surface area contributed by atoms with Crippen molar-refractivity contribution in [2.75, 3.05) is 7.11 Å². The summed E-state index contributed by atoms with van der Waals surface area (Å²) in [7, 11) is 1.63. The van der Waals surface area contributed by atoms with Gasteiger partial charge in [0.2, 0.25) is 0 Å². The smallest absolute Gasteiger partial charge is 0.320 e. The number of hydrogen-bond acceptors (Lipinski definition) is 3. The van der Waals surface area contributed by atoms with Gasteiger partial charge in [-0.15, -0.1) is 0 Å². The van der Waals surface area contributed by atoms with Crippen LogP contribution < -0.4 is 10.1 Å². The summed E-state index contributed by atoms with van der Waals surface area (Å²) in [5.74, 6) is 0.00670. The van der Waals surface area contributed by atoms with Gasteiger partial charge in [-0.2, -0.15) is 0 Å². The molecule has 1 aromatic rings. The summed E-state index contributed by atoms with van der Waals surface area (Å²) >= 11 is 0. The standard InChI is InChI=1S/C17H27NO3/c1-12-8-13(10-14(9-12)21-5)11-18-15(16(19)20)6-7-17(2,3)4/h8-10,15,18H,6-7,11H2,1-5H3,(H,19,20)/t15-/m0/s1. The van der Waals surface area contributed by atoms with Gasteiger partial charge in [0.25, 0.3) is 0 Å². The van der Waals surface area contributed by atoms with E-state index in [0.29, 0.717) is 13.0 Å². The first-order valence-electron chi connectivity index (χ1n) is 7.32. The van der Waals surface area contributed by atoms with Crippen LogP contribution in [0.1, 0.15) is 44.7 Å². The third-order valence-electron chi connectivity index (χ3n) is 3.38. The van der Waals surface area contributed by atoms with Gasteiger partial charge < -0.3 is 15.2 Å². The number of nitrogens with one attached hydrogen (secondary N) is 1. The minimum absolute atomic E-state index is 0.141. The molecule has 1 rings (SSSR count). The van der Waals surface area contributed by atoms with Crippen molar-refractivity contribution in [3.05, 3.63) is 29.3 Å². The molecule has 4 heteroatoms. The SMILES string of the molecule is COc1cc(C)cc(CN[C@@H](CCC(C)(C)C)C(=O)O)c1. The first kappa shape index (κ1) is 17.5. The predicted molar refractivity (Wildman–Crippen MR) is 84.7 cm³/mol. The molecule has 0 spiro atoms. The van der Waals surface area contributed by atoms with E-state index in [1.54, 1.807) is 7.11 Å². The minimum atomic E-state index is -0.793. The summed E-state index contributed by atoms with van der Waals surface area (Å²) in [6, 6.07) is 5.41. The van der Waals surface area contributed by atoms with Crippen LogP contribution in [0.4, 0.5) is 0 Å². The van der Waals surface area contributed by atoms with Gasteiger partial charge in [-0.05, 0) is 48.4 Å². The zero-order valence-corrected chi connectivity index (χ0v) is 13.7. The van der Waals surface area contributed by atoms with Gasteiger partial charge in [0.15, 0.2) is 0 Å². The van der Waals surface area contributed by atoms with E-state index >= 15 is 0 Å². The van der Waals surface area contributed by atoms with Gasteiger partial charge in [0.1, 0.15) is 11.8 Å². The molecule has 0 unspecified atom stereocenters. The molecule has 118 valence electrons. The second-order valence-corrected chi connectivity index (χ2v) is 6.73. The Hall–Kier alpha value is -1.55. The van der Waals surface area contributed by atoms with E-state index in [4.69, 9.17) is 4.74 Å². The summed E-state index contributed by atoms with van der Waals surface area (Å²) < 4.78 is 5.24. The lowest BCUT2D eigenvalue weighted by Gasteiger charge is -2.21. The Bertz CT molecular complexity index is 477. The highest BCUT2D eigenvalue weighted by Crippen LogP contribution is 2.22. The lowest BCUT2D eigenvalue weighted by molar-refractivity contribution is -0.139. The molecule has 0 saturated heterocycles. The van der Waals surface area contributed by atoms with Crippen LogP contribution in [-0.2, 0) is 11.3 Å². The van der Waals surface area contributed by atoms with Crippen LogP contribution in [-0.4, -0.2) is 24.2 Å². The molecule has 0 aliphatic carbocycles. The average molecular weight is 293 g/mol. The van der Waals surface area contributed by atoms with Crippen LogP contribution in [0.5, 0.6) is 5.75 Å². The number of carboxylic acid groups (broad SMARTS) is 1. The van der Waals surface area contributed by atoms with Crippen molar-refractivity contribution in [1.82, 2.24) is 5.32 Å². The Kier molecular flexibility index (Phi) is 6.21. The second-order valence-electron chi connectivity index (χ2n) is 6.73. The first-order chi connectivity index (χ1) is 9.71. The highest BCUT2D eigenvalue weighted by molar-refractivity contribution is 5.73. The summed E-state index contributed by atoms with van der Waals surface area (Å²) in [6.07, 6.45) is 1.50. The maximum atomic E-state index is 11.3. The Balaban J connectivity index is 2.65. The van der Waals surface area contributed by atoms with E-state index in [-0.39, 0.29) is 5.41 Å². The van der Waals surface area contributed by atoms with Crippen molar-refractivity contribution in [3.8, 4) is 5.75 Å². The van der Waals surface area contributed by atoms with E-state index < -0.39 is 12.0 Å². The van der Waals surface area contributed by atoms with E-state index in [9.17, 15) is 9.90 Å². The van der Waals surface area contributed by atoms with E-state index in [1.165, 1.54) is 0 Å². The van der Waals surface area contributed by atoms with Crippen molar-refractivity contribution < 1.29 is 14.6 Å². The lowest BCUT2D eigenvalue weighted by atomic mass is 9.88. The van der Waals surface area contributed by atoms with Gasteiger partial charge in [0.05, 0.1) is 7.11 Å². The molecule has 0 aromatic heterocycles. The fraction of sp³-hybridized carbons (Fsp3) is 0.588. The van der Waals surface area contributed by atoms with Crippen LogP contribution in [0.3, 0.4) is 0 Å². The summed E-state index contributed by atoms with van der Waals surface area (Å²) in [6.45, 7) is 8.89. The number of methoxy groups -OCH3 is 1. The van der Waals surface area contributed by atoms with Crippen molar-refractivity contribution in [1.29, 1.82) is 0 Å². The fourth-order valence-corrected chi connectivity index (χ4v) is 2.18. The minimum Gasteiger partial charge on any atom is -0.497 e. The van der Waals surface area contributed by atoms with Crippen LogP contribution >= 0.6 is 0 Å². The number of benzene rings is 1. The molecule has 0 saturated carbocycles. The number of aryl methyl sites for hydroxylation is 1. The molecule has 21 heavy (non-hydrogen) atoms. The highest BCUT2D eigenvalue weighted by atomic mass is 16.5. The molecule has 0 amide bonds. The lowest BCUT2D eigenvalue weighted by Crippen LogP contribution is -2.37. The van der Waals surface area contributed by atoms with Crippen molar-refractivity contribution in [2.24, 2.45) is 5.41 Å². The van der Waals surface area contributed by atoms with Crippen molar-refractivity contribution in [3.63, 3.8) is 0 Å². The Morgan fingerprint density at radius 1 is 1.33 bits per heavy atom. The Morgan fingerprint density at radius 3 is 2.52 bits per heavy atom. The molecule has 0 radical (unpaired) electrons. The largest absolute Gasteiger partial charge is 0.497 e. The highest BCUT2D eigenvalue weighted by Gasteiger charge is 2.20. The van der Waals surface area contributed by atoms with Crippen LogP contribution in [0, 0.1) is 12.3 Å². The number of hydrogen-bond donors (Lipinski definition) is 2. The molecule has 0 heterocycles. The molecule has 0 bridgehead atoms. The molecular weight excluding hydrogens is 266 g/mol. The van der Waals surface area contributed by atoms with Crippen molar-refractivity contribution in [2.45, 2.75) is 53.1 Å². The summed E-state index contributed by atoms with van der Waals surface area (Å²) in [5, 5.41) is 12.4. The van der Waals surface area contributed by atoms with E-state index in [0.717, 1.165) is 23.3 Å². The third kappa shape index (κ3) is 6.63. The number of rotatable bonds is 7. The summed E-state index contributed by atoms with van der Waals surface area (Å²) in [5.41, 5.74) is 2.28. The van der Waals surface area contributed by atoms with Gasteiger partial charge >= 0.3 is 5.97 Å². The fourth-order valence-electron chi connectivity index (χ4n) is 2.18. The zero-order chi connectivity index (χ0) is 16.0. The van der Waals surface area contributed by atoms with Gasteiger partial charge in [-0.1, -0.05) is 26.8 Å². The monoisotopic (exact) mass is 293 g/mol. The molecule has 1 atom stereocenters. The maximum Gasteiger partial charge on any atom is 0.320 e. The van der Waals surface area contributed by atoms with Gasteiger partial charge in [0, 0.05) is 6.54 Å². The Labute approximate surface area is 127 Å². The molecule has 1 aromatic carbocycles. The topological polar surface area (TPSA) is 58.6 Å². The van der Waals surface area contributed by atoms with Crippen LogP contribution in [0.2, 0.25) is 0 Å². The number of carboxylic acids is 1. The zero-order valence-electron chi connectivity index (χ0n) is 13.7. The second kappa shape index (κ2) is 7.46. The Morgan fingerprint density at radius 2 is 2.00 bits per heavy atom. The number of carbonyl (C=O) groups is 1. The quantitative estimate of drug-likeness (QED) is 0.809. The van der Waals surface area contributed by atoms with Crippen molar-refractivity contribution >= 4 is 5.97 Å². The number of ether oxygens (including phenoxy) is 1. The normalized spacial score (nSPS) is 13.0. The average Bonchev–Trinajstić information content (AvgIpc) is 2.36. The maximum absolute atomic E-state index is 11.3. The molecule has 2 N–H and O–H groups in total. The molecule has 0 aliphatic heterocycles.